The maximum atomic E-state index is 13.5. The van der Waals surface area contributed by atoms with Crippen LogP contribution in [-0.4, -0.2) is 81.7 Å². The third-order valence-electron chi connectivity index (χ3n) is 11.0. The molecule has 6 rings (SSSR count). The number of benzene rings is 2. The van der Waals surface area contributed by atoms with E-state index in [1.165, 1.54) is 14.2 Å². The van der Waals surface area contributed by atoms with E-state index in [9.17, 15) is 19.2 Å². The molecule has 1 aliphatic carbocycles. The first kappa shape index (κ1) is 41.5. The lowest BCUT2D eigenvalue weighted by Crippen LogP contribution is -2.51. The van der Waals surface area contributed by atoms with Gasteiger partial charge in [0.15, 0.2) is 0 Å². The Hall–Kier alpha value is -6.10. The first-order valence-electron chi connectivity index (χ1n) is 20.1. The van der Waals surface area contributed by atoms with Crippen LogP contribution in [0, 0.1) is 29.6 Å². The van der Waals surface area contributed by atoms with E-state index in [-0.39, 0.29) is 41.7 Å². The van der Waals surface area contributed by atoms with E-state index in [4.69, 9.17) is 14.5 Å². The van der Waals surface area contributed by atoms with Gasteiger partial charge in [-0.3, -0.25) is 9.59 Å². The van der Waals surface area contributed by atoms with Gasteiger partial charge in [0.25, 0.3) is 0 Å². The maximum absolute atomic E-state index is 13.5. The average molecular weight is 791 g/mol. The van der Waals surface area contributed by atoms with Crippen LogP contribution in [0.3, 0.4) is 0 Å². The molecule has 58 heavy (non-hydrogen) atoms. The lowest BCUT2D eigenvalue weighted by atomic mass is 9.96. The third kappa shape index (κ3) is 9.88. The smallest absolute Gasteiger partial charge is 0.407 e. The lowest BCUT2D eigenvalue weighted by molar-refractivity contribution is -0.135. The Bertz CT molecular complexity index is 2110. The first-order valence-corrected chi connectivity index (χ1v) is 20.1. The van der Waals surface area contributed by atoms with Gasteiger partial charge in [-0.05, 0) is 78.8 Å². The van der Waals surface area contributed by atoms with Gasteiger partial charge < -0.3 is 40.3 Å². The van der Waals surface area contributed by atoms with Gasteiger partial charge in [-0.2, -0.15) is 0 Å². The fourth-order valence-electron chi connectivity index (χ4n) is 7.76. The zero-order valence-electron chi connectivity index (χ0n) is 34.1. The molecule has 0 unspecified atom stereocenters. The van der Waals surface area contributed by atoms with Gasteiger partial charge >= 0.3 is 12.2 Å². The SMILES string of the molecule is COC(=O)N[C@H](C(=O)N[C@H](c1ncc(-c2ccc(C#Cc3ccc(-c4cnc([C@@H]5CCCN5C(=O)[C@@H](NC(=O)OC)C(C)C)[nH]4)cc3)cc2)[nH]1)C1CCCC1)C(C)C. The summed E-state index contributed by atoms with van der Waals surface area (Å²) < 4.78 is 9.50. The highest BCUT2D eigenvalue weighted by Gasteiger charge is 2.38. The molecule has 5 N–H and O–H groups in total. The van der Waals surface area contributed by atoms with Crippen molar-refractivity contribution in [1.29, 1.82) is 0 Å². The van der Waals surface area contributed by atoms with Gasteiger partial charge in [0.1, 0.15) is 23.7 Å². The maximum Gasteiger partial charge on any atom is 0.407 e. The number of nitrogens with zero attached hydrogens (tertiary/aromatic N) is 3. The summed E-state index contributed by atoms with van der Waals surface area (Å²) in [5, 5.41) is 8.53. The van der Waals surface area contributed by atoms with Gasteiger partial charge in [0, 0.05) is 17.7 Å². The number of rotatable bonds is 12. The minimum absolute atomic E-state index is 0.108. The third-order valence-corrected chi connectivity index (χ3v) is 11.0. The fraction of sp³-hybridized carbons (Fsp3) is 0.455. The van der Waals surface area contributed by atoms with Crippen molar-refractivity contribution in [2.45, 2.75) is 90.4 Å². The molecule has 14 nitrogen and oxygen atoms in total. The van der Waals surface area contributed by atoms with Crippen molar-refractivity contribution in [3.05, 3.63) is 83.7 Å². The summed E-state index contributed by atoms with van der Waals surface area (Å²) in [6.45, 7) is 8.15. The molecule has 4 aromatic rings. The molecular formula is C44H54N8O6. The molecular weight excluding hydrogens is 737 g/mol. The Labute approximate surface area is 339 Å². The van der Waals surface area contributed by atoms with Gasteiger partial charge in [0.2, 0.25) is 11.8 Å². The molecule has 0 radical (unpaired) electrons. The van der Waals surface area contributed by atoms with E-state index in [2.05, 4.69) is 42.7 Å². The molecule has 1 saturated carbocycles. The number of imidazole rings is 2. The number of H-pyrrole nitrogens is 2. The van der Waals surface area contributed by atoms with Gasteiger partial charge in [-0.1, -0.05) is 76.6 Å². The molecule has 14 heteroatoms. The molecule has 1 aliphatic heterocycles. The van der Waals surface area contributed by atoms with Crippen molar-refractivity contribution >= 4 is 24.0 Å². The van der Waals surface area contributed by atoms with E-state index >= 15 is 0 Å². The number of nitrogens with one attached hydrogen (secondary N) is 5. The predicted octanol–water partition coefficient (Wildman–Crippen LogP) is 6.64. The predicted molar refractivity (Wildman–Crippen MR) is 219 cm³/mol. The number of carbonyl (C=O) groups is 4. The molecule has 2 fully saturated rings. The van der Waals surface area contributed by atoms with Crippen molar-refractivity contribution in [3.63, 3.8) is 0 Å². The van der Waals surface area contributed by atoms with Crippen LogP contribution in [0.15, 0.2) is 60.9 Å². The topological polar surface area (TPSA) is 183 Å². The van der Waals surface area contributed by atoms with Crippen molar-refractivity contribution in [2.75, 3.05) is 20.8 Å². The van der Waals surface area contributed by atoms with Crippen LogP contribution >= 0.6 is 0 Å². The monoisotopic (exact) mass is 790 g/mol. The standard InChI is InChI=1S/C44H54N8O6/c1-26(2)36(50-43(55)57-5)41(53)49-38(32-10-7-8-11-32)40-46-25-34(48-40)31-21-17-29(18-22-31)14-13-28-15-19-30(20-16-28)33-24-45-39(47-33)35-12-9-23-52(35)42(54)37(27(3)4)51-44(56)58-6/h15-22,24-27,32,35-38H,7-12,23H2,1-6H3,(H,45,47)(H,46,48)(H,49,53)(H,50,55)(H,51,56)/t35-,36-,37-,38-/m0/s1. The van der Waals surface area contributed by atoms with Crippen LogP contribution in [-0.2, 0) is 19.1 Å². The molecule has 0 spiro atoms. The summed E-state index contributed by atoms with van der Waals surface area (Å²) in [6, 6.07) is 13.9. The second-order valence-corrected chi connectivity index (χ2v) is 15.7. The molecule has 3 heterocycles. The largest absolute Gasteiger partial charge is 0.453 e. The highest BCUT2D eigenvalue weighted by atomic mass is 16.5. The zero-order valence-corrected chi connectivity index (χ0v) is 34.1. The number of alkyl carbamates (subject to hydrolysis) is 2. The van der Waals surface area contributed by atoms with Crippen molar-refractivity contribution in [3.8, 4) is 34.4 Å². The van der Waals surface area contributed by atoms with Gasteiger partial charge in [0.05, 0.1) is 50.1 Å². The Morgan fingerprint density at radius 1 is 0.707 bits per heavy atom. The van der Waals surface area contributed by atoms with E-state index in [1.807, 2.05) is 76.2 Å². The molecule has 2 aromatic heterocycles. The molecule has 306 valence electrons. The van der Waals surface area contributed by atoms with Crippen LogP contribution in [0.1, 0.15) is 101 Å². The molecule has 4 amide bonds. The number of likely N-dealkylation sites (tertiary alicyclic amines) is 1. The first-order chi connectivity index (χ1) is 27.9. The normalized spacial score (nSPS) is 17.0. The average Bonchev–Trinajstić information content (AvgIpc) is 4.08. The summed E-state index contributed by atoms with van der Waals surface area (Å²) in [6.07, 6.45) is 8.09. The number of aromatic amines is 2. The van der Waals surface area contributed by atoms with Gasteiger partial charge in [-0.25, -0.2) is 19.6 Å². The summed E-state index contributed by atoms with van der Waals surface area (Å²) >= 11 is 0. The molecule has 2 aromatic carbocycles. The minimum Gasteiger partial charge on any atom is -0.453 e. The Morgan fingerprint density at radius 2 is 1.24 bits per heavy atom. The van der Waals surface area contributed by atoms with E-state index in [0.29, 0.717) is 18.2 Å². The molecule has 2 aliphatic rings. The van der Waals surface area contributed by atoms with Crippen LogP contribution in [0.25, 0.3) is 22.5 Å². The van der Waals surface area contributed by atoms with Crippen LogP contribution in [0.5, 0.6) is 0 Å². The van der Waals surface area contributed by atoms with Gasteiger partial charge in [-0.15, -0.1) is 0 Å². The highest BCUT2D eigenvalue weighted by Crippen LogP contribution is 2.36. The Morgan fingerprint density at radius 3 is 1.79 bits per heavy atom. The summed E-state index contributed by atoms with van der Waals surface area (Å²) in [5.74, 6) is 7.49. The highest BCUT2D eigenvalue weighted by molar-refractivity contribution is 5.87. The van der Waals surface area contributed by atoms with E-state index in [1.54, 1.807) is 17.3 Å². The second kappa shape index (κ2) is 18.9. The quantitative estimate of drug-likeness (QED) is 0.0990. The van der Waals surface area contributed by atoms with Crippen LogP contribution in [0.4, 0.5) is 9.59 Å². The van der Waals surface area contributed by atoms with E-state index < -0.39 is 24.3 Å². The number of hydrogen-bond acceptors (Lipinski definition) is 8. The van der Waals surface area contributed by atoms with Crippen molar-refractivity contribution in [2.24, 2.45) is 17.8 Å². The van der Waals surface area contributed by atoms with Crippen molar-refractivity contribution < 1.29 is 28.7 Å². The number of aromatic nitrogens is 4. The van der Waals surface area contributed by atoms with Crippen molar-refractivity contribution in [1.82, 2.24) is 40.8 Å². The molecule has 1 saturated heterocycles. The number of hydrogen-bond donors (Lipinski definition) is 5. The molecule has 0 bridgehead atoms. The number of methoxy groups -OCH3 is 2. The number of amides is 4. The zero-order chi connectivity index (χ0) is 41.3. The second-order valence-electron chi connectivity index (χ2n) is 15.7. The minimum atomic E-state index is -0.737. The fourth-order valence-corrected chi connectivity index (χ4v) is 7.76. The number of ether oxygens (including phenoxy) is 2. The van der Waals surface area contributed by atoms with E-state index in [0.717, 1.165) is 72.2 Å². The Balaban J connectivity index is 1.09. The molecule has 4 atom stereocenters. The van der Waals surface area contributed by atoms with Crippen LogP contribution in [0.2, 0.25) is 0 Å². The Kier molecular flexibility index (Phi) is 13.5. The van der Waals surface area contributed by atoms with Crippen LogP contribution < -0.4 is 16.0 Å². The lowest BCUT2D eigenvalue weighted by Gasteiger charge is -2.30. The summed E-state index contributed by atoms with van der Waals surface area (Å²) in [4.78, 5) is 68.8. The summed E-state index contributed by atoms with van der Waals surface area (Å²) in [5.41, 5.74) is 5.28. The summed E-state index contributed by atoms with van der Waals surface area (Å²) in [7, 11) is 2.57. The number of carbonyl (C=O) groups excluding carboxylic acids is 4.